The lowest BCUT2D eigenvalue weighted by Crippen LogP contribution is -2.52. The Morgan fingerprint density at radius 2 is 2.00 bits per heavy atom. The molecule has 26 heavy (non-hydrogen) atoms. The second-order valence-electron chi connectivity index (χ2n) is 6.33. The number of carbonyl (C=O) groups excluding carboxylic acids is 1. The number of anilines is 2. The molecule has 1 aromatic carbocycles. The molecule has 1 atom stereocenters. The number of fused-ring (bicyclic) bond motifs is 1. The molecular formula is C18H20N6O2. The smallest absolute Gasteiger partial charge is 0.337 e. The molecule has 1 N–H and O–H groups in total. The number of aromatic amines is 1. The van der Waals surface area contributed by atoms with E-state index in [2.05, 4.69) is 36.7 Å². The minimum absolute atomic E-state index is 0.269. The van der Waals surface area contributed by atoms with Gasteiger partial charge in [0, 0.05) is 31.4 Å². The molecule has 0 saturated carbocycles. The number of benzene rings is 1. The molecule has 1 saturated heterocycles. The third kappa shape index (κ3) is 2.83. The van der Waals surface area contributed by atoms with E-state index in [0.717, 1.165) is 36.7 Å². The van der Waals surface area contributed by atoms with Crippen LogP contribution in [-0.4, -0.2) is 58.7 Å². The first-order chi connectivity index (χ1) is 12.7. The molecule has 1 aliphatic rings. The van der Waals surface area contributed by atoms with E-state index in [1.165, 1.54) is 7.11 Å². The molecule has 0 spiro atoms. The van der Waals surface area contributed by atoms with Gasteiger partial charge in [0.2, 0.25) is 0 Å². The van der Waals surface area contributed by atoms with Crippen LogP contribution < -0.4 is 9.80 Å². The van der Waals surface area contributed by atoms with Crippen LogP contribution in [0, 0.1) is 0 Å². The predicted molar refractivity (Wildman–Crippen MR) is 98.5 cm³/mol. The summed E-state index contributed by atoms with van der Waals surface area (Å²) in [6.45, 7) is 4.74. The maximum absolute atomic E-state index is 11.6. The number of aromatic nitrogens is 4. The standard InChI is InChI=1S/C18H20N6O2/c1-12-9-23(14-5-3-13(4-6-14)18(25)26-2)7-8-24(12)17-15-16(20-10-19-15)21-11-22-17/h3-6,10-12H,7-9H2,1-2H3,(H,19,20,21,22)/t12-/m0/s1. The highest BCUT2D eigenvalue weighted by molar-refractivity contribution is 5.89. The molecule has 3 aromatic rings. The molecule has 8 nitrogen and oxygen atoms in total. The number of nitrogens with zero attached hydrogens (tertiary/aromatic N) is 5. The van der Waals surface area contributed by atoms with Crippen LogP contribution in [0.2, 0.25) is 0 Å². The summed E-state index contributed by atoms with van der Waals surface area (Å²) in [4.78, 5) is 32.2. The SMILES string of the molecule is COC(=O)c1ccc(N2CCN(c3ncnc4nc[nH]c34)[C@@H](C)C2)cc1. The maximum Gasteiger partial charge on any atom is 0.337 e. The Balaban J connectivity index is 1.52. The van der Waals surface area contributed by atoms with Crippen molar-refractivity contribution in [2.24, 2.45) is 0 Å². The van der Waals surface area contributed by atoms with Gasteiger partial charge in [-0.1, -0.05) is 0 Å². The molecule has 8 heteroatoms. The average Bonchev–Trinajstić information content (AvgIpc) is 3.16. The number of hydrogen-bond acceptors (Lipinski definition) is 7. The van der Waals surface area contributed by atoms with Gasteiger partial charge >= 0.3 is 5.97 Å². The van der Waals surface area contributed by atoms with Crippen LogP contribution >= 0.6 is 0 Å². The van der Waals surface area contributed by atoms with Crippen molar-refractivity contribution < 1.29 is 9.53 Å². The van der Waals surface area contributed by atoms with E-state index in [-0.39, 0.29) is 12.0 Å². The van der Waals surface area contributed by atoms with Crippen LogP contribution in [0.15, 0.2) is 36.9 Å². The Kier molecular flexibility index (Phi) is 4.16. The van der Waals surface area contributed by atoms with Crippen LogP contribution in [0.4, 0.5) is 11.5 Å². The van der Waals surface area contributed by atoms with Crippen molar-refractivity contribution in [2.75, 3.05) is 36.5 Å². The molecule has 0 amide bonds. The Hall–Kier alpha value is -3.16. The van der Waals surface area contributed by atoms with Crippen molar-refractivity contribution in [1.82, 2.24) is 19.9 Å². The van der Waals surface area contributed by atoms with E-state index in [4.69, 9.17) is 4.74 Å². The van der Waals surface area contributed by atoms with Crippen LogP contribution in [0.5, 0.6) is 0 Å². The molecular weight excluding hydrogens is 332 g/mol. The van der Waals surface area contributed by atoms with Crippen molar-refractivity contribution in [1.29, 1.82) is 0 Å². The molecule has 0 radical (unpaired) electrons. The largest absolute Gasteiger partial charge is 0.465 e. The third-order valence-corrected chi connectivity index (χ3v) is 4.76. The van der Waals surface area contributed by atoms with E-state index < -0.39 is 0 Å². The first-order valence-corrected chi connectivity index (χ1v) is 8.51. The number of rotatable bonds is 3. The van der Waals surface area contributed by atoms with E-state index in [0.29, 0.717) is 11.2 Å². The number of piperazine rings is 1. The number of methoxy groups -OCH3 is 1. The maximum atomic E-state index is 11.6. The summed E-state index contributed by atoms with van der Waals surface area (Å²) in [5, 5.41) is 0. The Labute approximate surface area is 150 Å². The summed E-state index contributed by atoms with van der Waals surface area (Å²) in [6, 6.07) is 7.80. The second kappa shape index (κ2) is 6.62. The summed E-state index contributed by atoms with van der Waals surface area (Å²) < 4.78 is 4.75. The monoisotopic (exact) mass is 352 g/mol. The van der Waals surface area contributed by atoms with E-state index in [1.54, 1.807) is 24.8 Å². The summed E-state index contributed by atoms with van der Waals surface area (Å²) in [5.41, 5.74) is 3.21. The van der Waals surface area contributed by atoms with Crippen LogP contribution in [-0.2, 0) is 4.74 Å². The Morgan fingerprint density at radius 1 is 1.19 bits per heavy atom. The van der Waals surface area contributed by atoms with Gasteiger partial charge in [0.25, 0.3) is 0 Å². The van der Waals surface area contributed by atoms with Gasteiger partial charge in [-0.05, 0) is 31.2 Å². The van der Waals surface area contributed by atoms with Gasteiger partial charge in [-0.15, -0.1) is 0 Å². The van der Waals surface area contributed by atoms with Gasteiger partial charge in [-0.2, -0.15) is 0 Å². The van der Waals surface area contributed by atoms with Crippen molar-refractivity contribution >= 4 is 28.6 Å². The summed E-state index contributed by atoms with van der Waals surface area (Å²) in [6.07, 6.45) is 3.20. The fourth-order valence-corrected chi connectivity index (χ4v) is 3.40. The highest BCUT2D eigenvalue weighted by Gasteiger charge is 2.27. The number of esters is 1. The highest BCUT2D eigenvalue weighted by Crippen LogP contribution is 2.26. The molecule has 2 aromatic heterocycles. The van der Waals surface area contributed by atoms with Crippen LogP contribution in [0.1, 0.15) is 17.3 Å². The topological polar surface area (TPSA) is 87.2 Å². The van der Waals surface area contributed by atoms with Crippen molar-refractivity contribution in [3.63, 3.8) is 0 Å². The number of imidazole rings is 1. The number of hydrogen-bond donors (Lipinski definition) is 1. The number of ether oxygens (including phenoxy) is 1. The molecule has 1 fully saturated rings. The van der Waals surface area contributed by atoms with Gasteiger partial charge < -0.3 is 19.5 Å². The number of carbonyl (C=O) groups is 1. The molecule has 0 aliphatic carbocycles. The molecule has 4 rings (SSSR count). The average molecular weight is 352 g/mol. The van der Waals surface area contributed by atoms with Gasteiger partial charge in [-0.3, -0.25) is 0 Å². The minimum atomic E-state index is -0.318. The van der Waals surface area contributed by atoms with E-state index >= 15 is 0 Å². The molecule has 3 heterocycles. The van der Waals surface area contributed by atoms with Gasteiger partial charge in [0.15, 0.2) is 11.5 Å². The zero-order valence-electron chi connectivity index (χ0n) is 14.7. The molecule has 0 unspecified atom stereocenters. The zero-order chi connectivity index (χ0) is 18.1. The highest BCUT2D eigenvalue weighted by atomic mass is 16.5. The van der Waals surface area contributed by atoms with Gasteiger partial charge in [0.1, 0.15) is 11.8 Å². The van der Waals surface area contributed by atoms with Gasteiger partial charge in [-0.25, -0.2) is 19.7 Å². The first-order valence-electron chi connectivity index (χ1n) is 8.51. The van der Waals surface area contributed by atoms with Crippen molar-refractivity contribution in [3.05, 3.63) is 42.5 Å². The molecule has 134 valence electrons. The normalized spacial score (nSPS) is 17.5. The van der Waals surface area contributed by atoms with Crippen LogP contribution in [0.25, 0.3) is 11.2 Å². The van der Waals surface area contributed by atoms with Crippen molar-refractivity contribution in [3.8, 4) is 0 Å². The van der Waals surface area contributed by atoms with Crippen molar-refractivity contribution in [2.45, 2.75) is 13.0 Å². The molecule has 1 aliphatic heterocycles. The quantitative estimate of drug-likeness (QED) is 0.720. The lowest BCUT2D eigenvalue weighted by molar-refractivity contribution is 0.0601. The first kappa shape index (κ1) is 16.3. The number of H-pyrrole nitrogens is 1. The number of nitrogens with one attached hydrogen (secondary N) is 1. The Morgan fingerprint density at radius 3 is 2.73 bits per heavy atom. The van der Waals surface area contributed by atoms with Gasteiger partial charge in [0.05, 0.1) is 19.0 Å². The fourth-order valence-electron chi connectivity index (χ4n) is 3.40. The molecule has 0 bridgehead atoms. The summed E-state index contributed by atoms with van der Waals surface area (Å²) in [5.74, 6) is 0.572. The Bertz CT molecular complexity index is 923. The van der Waals surface area contributed by atoms with Crippen LogP contribution in [0.3, 0.4) is 0 Å². The lowest BCUT2D eigenvalue weighted by Gasteiger charge is -2.41. The minimum Gasteiger partial charge on any atom is -0.465 e. The summed E-state index contributed by atoms with van der Waals surface area (Å²) >= 11 is 0. The summed E-state index contributed by atoms with van der Waals surface area (Å²) in [7, 11) is 1.39. The van der Waals surface area contributed by atoms with E-state index in [9.17, 15) is 4.79 Å². The second-order valence-corrected chi connectivity index (χ2v) is 6.33. The lowest BCUT2D eigenvalue weighted by atomic mass is 10.1. The van der Waals surface area contributed by atoms with E-state index in [1.807, 2.05) is 12.1 Å². The fraction of sp³-hybridized carbons (Fsp3) is 0.333. The third-order valence-electron chi connectivity index (χ3n) is 4.76. The zero-order valence-corrected chi connectivity index (χ0v) is 14.7. The predicted octanol–water partition coefficient (Wildman–Crippen LogP) is 1.85.